The van der Waals surface area contributed by atoms with Gasteiger partial charge in [-0.2, -0.15) is 11.8 Å². The highest BCUT2D eigenvalue weighted by Gasteiger charge is 2.22. The van der Waals surface area contributed by atoms with E-state index in [2.05, 4.69) is 23.5 Å². The zero-order valence-corrected chi connectivity index (χ0v) is 18.6. The Morgan fingerprint density at radius 3 is 2.50 bits per heavy atom. The third-order valence-corrected chi connectivity index (χ3v) is 4.86. The molecule has 0 aliphatic carbocycles. The van der Waals surface area contributed by atoms with Gasteiger partial charge in [0, 0.05) is 11.9 Å². The molecule has 8 nitrogen and oxygen atoms in total. The number of esters is 1. The van der Waals surface area contributed by atoms with Crippen LogP contribution in [0.2, 0.25) is 0 Å². The van der Waals surface area contributed by atoms with Gasteiger partial charge in [0.05, 0.1) is 51.2 Å². The second-order valence-electron chi connectivity index (χ2n) is 7.47. The van der Waals surface area contributed by atoms with Gasteiger partial charge in [-0.15, -0.1) is 5.10 Å². The van der Waals surface area contributed by atoms with Gasteiger partial charge in [0.15, 0.2) is 0 Å². The highest BCUT2D eigenvalue weighted by molar-refractivity contribution is 7.99. The van der Waals surface area contributed by atoms with Crippen molar-refractivity contribution in [3.05, 3.63) is 11.9 Å². The molecular weight excluding hydrogens is 382 g/mol. The van der Waals surface area contributed by atoms with E-state index in [-0.39, 0.29) is 12.6 Å². The monoisotopic (exact) mass is 417 g/mol. The average molecular weight is 418 g/mol. The minimum absolute atomic E-state index is 0.225. The van der Waals surface area contributed by atoms with Crippen LogP contribution in [0, 0.1) is 5.41 Å². The van der Waals surface area contributed by atoms with E-state index in [1.165, 1.54) is 0 Å². The maximum absolute atomic E-state index is 11.6. The third-order valence-electron chi connectivity index (χ3n) is 3.82. The van der Waals surface area contributed by atoms with Crippen molar-refractivity contribution in [1.29, 1.82) is 0 Å². The van der Waals surface area contributed by atoms with E-state index in [4.69, 9.17) is 18.9 Å². The van der Waals surface area contributed by atoms with Gasteiger partial charge in [0.2, 0.25) is 0 Å². The molecule has 1 unspecified atom stereocenters. The summed E-state index contributed by atoms with van der Waals surface area (Å²) < 4.78 is 23.4. The summed E-state index contributed by atoms with van der Waals surface area (Å²) in [5.41, 5.74) is 0.285. The number of nitrogens with zero attached hydrogens (tertiary/aromatic N) is 3. The first kappa shape index (κ1) is 24.9. The molecule has 0 aliphatic heterocycles. The number of aromatic nitrogens is 3. The Labute approximate surface area is 172 Å². The third kappa shape index (κ3) is 11.6. The SMILES string of the molecule is CSC(C)CCOCCOCc1cn(CCOCCOC(=O)C(C)(C)C)nn1. The van der Waals surface area contributed by atoms with Gasteiger partial charge >= 0.3 is 5.97 Å². The highest BCUT2D eigenvalue weighted by Crippen LogP contribution is 2.14. The van der Waals surface area contributed by atoms with Crippen molar-refractivity contribution in [2.45, 2.75) is 52.5 Å². The number of carbonyl (C=O) groups excluding carboxylic acids is 1. The summed E-state index contributed by atoms with van der Waals surface area (Å²) in [7, 11) is 0. The first-order chi connectivity index (χ1) is 13.3. The summed E-state index contributed by atoms with van der Waals surface area (Å²) in [4.78, 5) is 11.6. The minimum Gasteiger partial charge on any atom is -0.463 e. The van der Waals surface area contributed by atoms with Crippen LogP contribution in [0.3, 0.4) is 0 Å². The molecule has 1 rings (SSSR count). The molecule has 1 aromatic rings. The van der Waals surface area contributed by atoms with Gasteiger partial charge < -0.3 is 18.9 Å². The molecule has 28 heavy (non-hydrogen) atoms. The largest absolute Gasteiger partial charge is 0.463 e. The van der Waals surface area contributed by atoms with E-state index in [9.17, 15) is 4.79 Å². The summed E-state index contributed by atoms with van der Waals surface area (Å²) in [6.45, 7) is 11.6. The molecule has 0 spiro atoms. The number of carbonyl (C=O) groups is 1. The molecule has 1 aromatic heterocycles. The Morgan fingerprint density at radius 2 is 1.79 bits per heavy atom. The molecule has 0 saturated heterocycles. The Morgan fingerprint density at radius 1 is 1.11 bits per heavy atom. The highest BCUT2D eigenvalue weighted by atomic mass is 32.2. The van der Waals surface area contributed by atoms with Crippen molar-refractivity contribution >= 4 is 17.7 Å². The fourth-order valence-corrected chi connectivity index (χ4v) is 2.28. The maximum Gasteiger partial charge on any atom is 0.311 e. The molecule has 0 amide bonds. The summed E-state index contributed by atoms with van der Waals surface area (Å²) in [6, 6.07) is 0. The van der Waals surface area contributed by atoms with E-state index in [1.54, 1.807) is 4.68 Å². The van der Waals surface area contributed by atoms with Crippen molar-refractivity contribution in [2.24, 2.45) is 5.41 Å². The zero-order chi connectivity index (χ0) is 20.8. The van der Waals surface area contributed by atoms with E-state index in [0.717, 1.165) is 18.7 Å². The van der Waals surface area contributed by atoms with Crippen LogP contribution >= 0.6 is 11.8 Å². The number of hydrogen-bond donors (Lipinski definition) is 0. The average Bonchev–Trinajstić information content (AvgIpc) is 3.10. The van der Waals surface area contributed by atoms with Gasteiger partial charge in [-0.05, 0) is 33.4 Å². The number of ether oxygens (including phenoxy) is 4. The first-order valence-electron chi connectivity index (χ1n) is 9.65. The normalized spacial score (nSPS) is 12.9. The van der Waals surface area contributed by atoms with Crippen LogP contribution in [0.5, 0.6) is 0 Å². The Balaban J connectivity index is 2.02. The quantitative estimate of drug-likeness (QED) is 0.318. The second kappa shape index (κ2) is 13.9. The van der Waals surface area contributed by atoms with Crippen LogP contribution in [0.15, 0.2) is 6.20 Å². The van der Waals surface area contributed by atoms with E-state index >= 15 is 0 Å². The lowest BCUT2D eigenvalue weighted by molar-refractivity contribution is -0.154. The predicted octanol–water partition coefficient (Wildman–Crippen LogP) is 2.56. The smallest absolute Gasteiger partial charge is 0.311 e. The molecule has 0 N–H and O–H groups in total. The Bertz CT molecular complexity index is 548. The van der Waals surface area contributed by atoms with Crippen LogP contribution in [0.4, 0.5) is 0 Å². The number of rotatable bonds is 15. The van der Waals surface area contributed by atoms with Crippen molar-refractivity contribution in [3.63, 3.8) is 0 Å². The molecule has 0 saturated carbocycles. The predicted molar refractivity (Wildman–Crippen MR) is 109 cm³/mol. The van der Waals surface area contributed by atoms with Crippen LogP contribution in [-0.4, -0.2) is 72.1 Å². The van der Waals surface area contributed by atoms with Crippen molar-refractivity contribution < 1.29 is 23.7 Å². The van der Waals surface area contributed by atoms with Gasteiger partial charge in [-0.25, -0.2) is 4.68 Å². The molecular formula is C19H35N3O5S. The minimum atomic E-state index is -0.488. The molecule has 1 atom stereocenters. The lowest BCUT2D eigenvalue weighted by atomic mass is 9.97. The molecule has 9 heteroatoms. The van der Waals surface area contributed by atoms with Gasteiger partial charge in [-0.3, -0.25) is 4.79 Å². The molecule has 0 fully saturated rings. The summed E-state index contributed by atoms with van der Waals surface area (Å²) >= 11 is 1.85. The standard InChI is InChI=1S/C19H35N3O5S/c1-16(28-5)6-8-24-10-11-26-15-17-14-22(21-20-17)7-9-25-12-13-27-18(23)19(2,3)4/h14,16H,6-13,15H2,1-5H3. The fraction of sp³-hybridized carbons (Fsp3) is 0.842. The Kier molecular flexibility index (Phi) is 12.4. The molecule has 162 valence electrons. The van der Waals surface area contributed by atoms with Crippen molar-refractivity contribution in [2.75, 3.05) is 45.9 Å². The van der Waals surface area contributed by atoms with Crippen LogP contribution in [0.25, 0.3) is 0 Å². The summed E-state index contributed by atoms with van der Waals surface area (Å²) in [6.07, 6.45) is 5.00. The zero-order valence-electron chi connectivity index (χ0n) is 17.8. The van der Waals surface area contributed by atoms with Gasteiger partial charge in [0.25, 0.3) is 0 Å². The van der Waals surface area contributed by atoms with E-state index in [0.29, 0.717) is 44.8 Å². The molecule has 0 aliphatic rings. The number of thioether (sulfide) groups is 1. The first-order valence-corrected chi connectivity index (χ1v) is 10.9. The van der Waals surface area contributed by atoms with Gasteiger partial charge in [0.1, 0.15) is 12.3 Å². The topological polar surface area (TPSA) is 84.7 Å². The van der Waals surface area contributed by atoms with E-state index < -0.39 is 5.41 Å². The van der Waals surface area contributed by atoms with Crippen LogP contribution < -0.4 is 0 Å². The molecule has 0 aromatic carbocycles. The fourth-order valence-electron chi connectivity index (χ4n) is 1.95. The lowest BCUT2D eigenvalue weighted by Crippen LogP contribution is -2.24. The molecule has 0 bridgehead atoms. The van der Waals surface area contributed by atoms with Gasteiger partial charge in [-0.1, -0.05) is 12.1 Å². The lowest BCUT2D eigenvalue weighted by Gasteiger charge is -2.16. The van der Waals surface area contributed by atoms with Crippen LogP contribution in [-0.2, 0) is 36.9 Å². The maximum atomic E-state index is 11.6. The van der Waals surface area contributed by atoms with Crippen LogP contribution in [0.1, 0.15) is 39.8 Å². The van der Waals surface area contributed by atoms with E-state index in [1.807, 2.05) is 38.7 Å². The molecule has 1 heterocycles. The number of hydrogen-bond acceptors (Lipinski definition) is 8. The molecule has 0 radical (unpaired) electrons. The van der Waals surface area contributed by atoms with Crippen molar-refractivity contribution in [3.8, 4) is 0 Å². The summed E-state index contributed by atoms with van der Waals surface area (Å²) in [5, 5.41) is 8.73. The second-order valence-corrected chi connectivity index (χ2v) is 8.75. The summed E-state index contributed by atoms with van der Waals surface area (Å²) in [5.74, 6) is -0.225. The van der Waals surface area contributed by atoms with Crippen molar-refractivity contribution in [1.82, 2.24) is 15.0 Å². The Hall–Kier alpha value is -1.16.